The normalized spacial score (nSPS) is 14.9. The molecule has 2 N–H and O–H groups in total. The summed E-state index contributed by atoms with van der Waals surface area (Å²) in [6.45, 7) is 7.97. The van der Waals surface area contributed by atoms with Gasteiger partial charge in [0.05, 0.1) is 27.4 Å². The van der Waals surface area contributed by atoms with Crippen molar-refractivity contribution < 1.29 is 24.1 Å². The quantitative estimate of drug-likeness (QED) is 0.526. The van der Waals surface area contributed by atoms with Crippen LogP contribution in [0.15, 0.2) is 36.9 Å². The van der Waals surface area contributed by atoms with E-state index in [1.165, 1.54) is 0 Å². The van der Waals surface area contributed by atoms with Gasteiger partial charge in [-0.1, -0.05) is 12.1 Å². The van der Waals surface area contributed by atoms with Crippen LogP contribution in [0.4, 0.5) is 0 Å². The SMILES string of the molecule is C=CCN1C(=O)c2[nH]nc(-c3c(C)cc(C)cc3O)c2C1c1cc(OC)c(OC)c(OC)c1. The molecule has 0 fully saturated rings. The lowest BCUT2D eigenvalue weighted by molar-refractivity contribution is 0.0764. The molecule has 2 aromatic carbocycles. The second-order valence-corrected chi connectivity index (χ2v) is 7.94. The maximum Gasteiger partial charge on any atom is 0.273 e. The van der Waals surface area contributed by atoms with Crippen LogP contribution < -0.4 is 14.2 Å². The summed E-state index contributed by atoms with van der Waals surface area (Å²) in [5.74, 6) is 1.33. The third kappa shape index (κ3) is 3.47. The van der Waals surface area contributed by atoms with Gasteiger partial charge in [0.1, 0.15) is 17.1 Å². The second-order valence-electron chi connectivity index (χ2n) is 7.94. The number of methoxy groups -OCH3 is 3. The molecule has 0 aliphatic carbocycles. The Kier molecular flexibility index (Phi) is 5.76. The number of ether oxygens (including phenoxy) is 3. The van der Waals surface area contributed by atoms with Gasteiger partial charge in [0.25, 0.3) is 5.91 Å². The number of aromatic amines is 1. The molecule has 2 heterocycles. The first-order valence-corrected chi connectivity index (χ1v) is 10.5. The number of benzene rings is 2. The molecule has 8 heteroatoms. The Morgan fingerprint density at radius 1 is 1.12 bits per heavy atom. The Bertz CT molecular complexity index is 1200. The van der Waals surface area contributed by atoms with E-state index in [4.69, 9.17) is 14.2 Å². The summed E-state index contributed by atoms with van der Waals surface area (Å²) < 4.78 is 16.6. The van der Waals surface area contributed by atoms with Gasteiger partial charge in [0, 0.05) is 17.7 Å². The van der Waals surface area contributed by atoms with E-state index < -0.39 is 6.04 Å². The monoisotopic (exact) mass is 449 g/mol. The molecule has 0 saturated heterocycles. The van der Waals surface area contributed by atoms with Crippen molar-refractivity contribution in [2.24, 2.45) is 0 Å². The molecule has 33 heavy (non-hydrogen) atoms. The molecule has 0 radical (unpaired) electrons. The van der Waals surface area contributed by atoms with Crippen LogP contribution in [0.3, 0.4) is 0 Å². The molecule has 1 aromatic heterocycles. The van der Waals surface area contributed by atoms with E-state index in [0.29, 0.717) is 46.3 Å². The van der Waals surface area contributed by atoms with Crippen LogP contribution in [0, 0.1) is 13.8 Å². The summed E-state index contributed by atoms with van der Waals surface area (Å²) in [6.07, 6.45) is 1.68. The fraction of sp³-hybridized carbons (Fsp3) is 0.280. The maximum atomic E-state index is 13.3. The van der Waals surface area contributed by atoms with Gasteiger partial charge in [-0.05, 0) is 48.7 Å². The van der Waals surface area contributed by atoms with Gasteiger partial charge in [-0.25, -0.2) is 0 Å². The van der Waals surface area contributed by atoms with Gasteiger partial charge < -0.3 is 24.2 Å². The number of aromatic nitrogens is 2. The van der Waals surface area contributed by atoms with Crippen LogP contribution >= 0.6 is 0 Å². The highest BCUT2D eigenvalue weighted by Crippen LogP contribution is 2.48. The Morgan fingerprint density at radius 2 is 1.79 bits per heavy atom. The van der Waals surface area contributed by atoms with Crippen LogP contribution in [-0.4, -0.2) is 54.0 Å². The fourth-order valence-electron chi connectivity index (χ4n) is 4.57. The molecule has 1 atom stereocenters. The van der Waals surface area contributed by atoms with Gasteiger partial charge in [0.2, 0.25) is 5.75 Å². The molecule has 3 aromatic rings. The minimum atomic E-state index is -0.506. The summed E-state index contributed by atoms with van der Waals surface area (Å²) in [5.41, 5.74) is 4.72. The number of H-pyrrole nitrogens is 1. The van der Waals surface area contributed by atoms with Crippen LogP contribution in [0.2, 0.25) is 0 Å². The number of amides is 1. The summed E-state index contributed by atoms with van der Waals surface area (Å²) in [6, 6.07) is 6.80. The largest absolute Gasteiger partial charge is 0.507 e. The zero-order chi connectivity index (χ0) is 23.9. The van der Waals surface area contributed by atoms with Crippen molar-refractivity contribution in [3.05, 3.63) is 64.9 Å². The lowest BCUT2D eigenvalue weighted by Crippen LogP contribution is -2.29. The predicted molar refractivity (Wildman–Crippen MR) is 124 cm³/mol. The number of carbonyl (C=O) groups excluding carboxylic acids is 1. The number of hydrogen-bond acceptors (Lipinski definition) is 6. The minimum absolute atomic E-state index is 0.111. The molecule has 1 unspecified atom stereocenters. The van der Waals surface area contributed by atoms with Gasteiger partial charge in [-0.3, -0.25) is 9.89 Å². The molecule has 8 nitrogen and oxygen atoms in total. The third-order valence-electron chi connectivity index (χ3n) is 5.89. The van der Waals surface area contributed by atoms with Crippen molar-refractivity contribution in [1.29, 1.82) is 0 Å². The zero-order valence-corrected chi connectivity index (χ0v) is 19.4. The number of aryl methyl sites for hydroxylation is 2. The van der Waals surface area contributed by atoms with Crippen LogP contribution in [0.5, 0.6) is 23.0 Å². The summed E-state index contributed by atoms with van der Waals surface area (Å²) in [5, 5.41) is 18.1. The molecule has 1 aliphatic heterocycles. The average molecular weight is 450 g/mol. The standard InChI is InChI=1S/C25H27N3O5/c1-7-8-28-23(15-11-17(31-4)24(33-6)18(12-15)32-5)20-21(26-27-22(20)25(28)30)19-14(3)9-13(2)10-16(19)29/h7,9-12,23,29H,1,8H2,2-6H3,(H,26,27). The molecule has 0 bridgehead atoms. The Hall–Kier alpha value is -3.94. The first-order chi connectivity index (χ1) is 15.9. The number of phenolic OH excluding ortho intramolecular Hbond substituents is 1. The number of fused-ring (bicyclic) bond motifs is 1. The zero-order valence-electron chi connectivity index (χ0n) is 19.4. The van der Waals surface area contributed by atoms with E-state index >= 15 is 0 Å². The molecule has 1 amide bonds. The lowest BCUT2D eigenvalue weighted by Gasteiger charge is -2.26. The number of rotatable bonds is 7. The second kappa shape index (κ2) is 8.54. The Morgan fingerprint density at radius 3 is 2.33 bits per heavy atom. The fourth-order valence-corrected chi connectivity index (χ4v) is 4.57. The van der Waals surface area contributed by atoms with Gasteiger partial charge in [-0.2, -0.15) is 5.10 Å². The lowest BCUT2D eigenvalue weighted by atomic mass is 9.92. The molecule has 0 spiro atoms. The van der Waals surface area contributed by atoms with Gasteiger partial charge in [-0.15, -0.1) is 6.58 Å². The summed E-state index contributed by atoms with van der Waals surface area (Å²) in [4.78, 5) is 15.0. The van der Waals surface area contributed by atoms with Crippen LogP contribution in [0.25, 0.3) is 11.3 Å². The Labute approximate surface area is 192 Å². The number of phenols is 1. The maximum absolute atomic E-state index is 13.3. The third-order valence-corrected chi connectivity index (χ3v) is 5.89. The molecule has 172 valence electrons. The minimum Gasteiger partial charge on any atom is -0.507 e. The van der Waals surface area contributed by atoms with Gasteiger partial charge >= 0.3 is 0 Å². The van der Waals surface area contributed by atoms with E-state index in [-0.39, 0.29) is 11.7 Å². The first kappa shape index (κ1) is 22.3. The van der Waals surface area contributed by atoms with Crippen LogP contribution in [0.1, 0.15) is 38.8 Å². The van der Waals surface area contributed by atoms with E-state index in [0.717, 1.165) is 16.7 Å². The smallest absolute Gasteiger partial charge is 0.273 e. The summed E-state index contributed by atoms with van der Waals surface area (Å²) >= 11 is 0. The van der Waals surface area contributed by atoms with E-state index in [9.17, 15) is 9.90 Å². The van der Waals surface area contributed by atoms with Crippen molar-refractivity contribution in [3.63, 3.8) is 0 Å². The van der Waals surface area contributed by atoms with Gasteiger partial charge in [0.15, 0.2) is 11.5 Å². The Balaban J connectivity index is 1.99. The molecular formula is C25H27N3O5. The van der Waals surface area contributed by atoms with E-state index in [2.05, 4.69) is 16.8 Å². The van der Waals surface area contributed by atoms with Crippen molar-refractivity contribution >= 4 is 5.91 Å². The van der Waals surface area contributed by atoms with Crippen molar-refractivity contribution in [2.45, 2.75) is 19.9 Å². The highest BCUT2D eigenvalue weighted by Gasteiger charge is 2.43. The van der Waals surface area contributed by atoms with Crippen LogP contribution in [-0.2, 0) is 0 Å². The average Bonchev–Trinajstić information content (AvgIpc) is 3.31. The molecular weight excluding hydrogens is 422 g/mol. The van der Waals surface area contributed by atoms with Crippen molar-refractivity contribution in [2.75, 3.05) is 27.9 Å². The number of hydrogen-bond donors (Lipinski definition) is 2. The molecule has 1 aliphatic rings. The highest BCUT2D eigenvalue weighted by molar-refractivity contribution is 6.00. The topological polar surface area (TPSA) is 96.9 Å². The number of aromatic hydroxyl groups is 1. The predicted octanol–water partition coefficient (Wildman–Crippen LogP) is 4.16. The van der Waals surface area contributed by atoms with Crippen molar-refractivity contribution in [3.8, 4) is 34.3 Å². The first-order valence-electron chi connectivity index (χ1n) is 10.5. The van der Waals surface area contributed by atoms with E-state index in [1.54, 1.807) is 38.4 Å². The number of nitrogens with one attached hydrogen (secondary N) is 1. The van der Waals surface area contributed by atoms with E-state index in [1.807, 2.05) is 32.0 Å². The molecule has 0 saturated carbocycles. The number of carbonyl (C=O) groups is 1. The highest BCUT2D eigenvalue weighted by atomic mass is 16.5. The number of nitrogens with zero attached hydrogens (tertiary/aromatic N) is 2. The van der Waals surface area contributed by atoms with Crippen molar-refractivity contribution in [1.82, 2.24) is 15.1 Å². The summed E-state index contributed by atoms with van der Waals surface area (Å²) in [7, 11) is 4.63. The molecule has 4 rings (SSSR count).